The quantitative estimate of drug-likeness (QED) is 0.464. The molecule has 0 aromatic rings. The first kappa shape index (κ1) is 13.9. The lowest BCUT2D eigenvalue weighted by Gasteiger charge is -2.07. The lowest BCUT2D eigenvalue weighted by molar-refractivity contribution is 0.0739. The molecule has 4 nitrogen and oxygen atoms in total. The fourth-order valence-electron chi connectivity index (χ4n) is 0.792. The predicted molar refractivity (Wildman–Crippen MR) is 55.7 cm³/mol. The van der Waals surface area contributed by atoms with Gasteiger partial charge in [-0.1, -0.05) is 0 Å². The van der Waals surface area contributed by atoms with Crippen LogP contribution in [0.1, 0.15) is 33.6 Å². The van der Waals surface area contributed by atoms with Crippen LogP contribution in [-0.4, -0.2) is 33.5 Å². The van der Waals surface area contributed by atoms with E-state index in [2.05, 4.69) is 0 Å². The maximum atomic E-state index is 10.9. The van der Waals surface area contributed by atoms with Crippen LogP contribution < -0.4 is 0 Å². The number of ether oxygens (including phenoxy) is 1. The molecule has 0 rings (SSSR count). The smallest absolute Gasteiger partial charge is 0.267 e. The zero-order chi connectivity index (χ0) is 11.0. The van der Waals surface area contributed by atoms with Crippen LogP contribution in [0.3, 0.4) is 0 Å². The second-order valence-corrected chi connectivity index (χ2v) is 5.22. The van der Waals surface area contributed by atoms with Crippen molar-refractivity contribution in [2.45, 2.75) is 39.7 Å². The highest BCUT2D eigenvalue weighted by Gasteiger charge is 2.05. The van der Waals surface area contributed by atoms with Gasteiger partial charge in [0.05, 0.1) is 18.5 Å². The molecule has 0 N–H and O–H groups in total. The fourth-order valence-corrected chi connectivity index (χ4v) is 1.33. The molecular formula is C9H20O4S. The summed E-state index contributed by atoms with van der Waals surface area (Å²) in [6, 6.07) is 0. The molecule has 0 saturated carbocycles. The Morgan fingerprint density at radius 3 is 2.21 bits per heavy atom. The van der Waals surface area contributed by atoms with Gasteiger partial charge in [0.25, 0.3) is 10.1 Å². The molecule has 0 spiro atoms. The molecule has 0 aliphatic rings. The minimum Gasteiger partial charge on any atom is -0.379 e. The highest BCUT2D eigenvalue weighted by molar-refractivity contribution is 7.86. The number of hydrogen-bond acceptors (Lipinski definition) is 4. The number of rotatable bonds is 8. The summed E-state index contributed by atoms with van der Waals surface area (Å²) in [6.45, 7) is 6.43. The van der Waals surface area contributed by atoms with Crippen LogP contribution in [0.25, 0.3) is 0 Å². The summed E-state index contributed by atoms with van der Waals surface area (Å²) >= 11 is 0. The highest BCUT2D eigenvalue weighted by Crippen LogP contribution is 1.98. The normalized spacial score (nSPS) is 12.3. The SMILES string of the molecule is CCS(=O)(=O)OCCCCOC(C)C. The molecule has 0 aliphatic carbocycles. The lowest BCUT2D eigenvalue weighted by Crippen LogP contribution is -2.10. The zero-order valence-electron chi connectivity index (χ0n) is 9.15. The molecule has 0 aromatic heterocycles. The van der Waals surface area contributed by atoms with E-state index in [4.69, 9.17) is 8.92 Å². The molecule has 0 saturated heterocycles. The van der Waals surface area contributed by atoms with Gasteiger partial charge in [-0.2, -0.15) is 8.42 Å². The Morgan fingerprint density at radius 1 is 1.14 bits per heavy atom. The molecular weight excluding hydrogens is 204 g/mol. The summed E-state index contributed by atoms with van der Waals surface area (Å²) < 4.78 is 31.8. The molecule has 14 heavy (non-hydrogen) atoms. The third kappa shape index (κ3) is 8.47. The van der Waals surface area contributed by atoms with Gasteiger partial charge < -0.3 is 4.74 Å². The van der Waals surface area contributed by atoms with Crippen LogP contribution >= 0.6 is 0 Å². The van der Waals surface area contributed by atoms with Crippen molar-refractivity contribution in [3.8, 4) is 0 Å². The van der Waals surface area contributed by atoms with Crippen LogP contribution in [0, 0.1) is 0 Å². The van der Waals surface area contributed by atoms with Crippen molar-refractivity contribution in [1.29, 1.82) is 0 Å². The van der Waals surface area contributed by atoms with Crippen LogP contribution in [0.2, 0.25) is 0 Å². The molecule has 0 radical (unpaired) electrons. The van der Waals surface area contributed by atoms with Crippen LogP contribution in [-0.2, 0) is 19.0 Å². The van der Waals surface area contributed by atoms with Gasteiger partial charge in [0.1, 0.15) is 0 Å². The van der Waals surface area contributed by atoms with Crippen molar-refractivity contribution in [1.82, 2.24) is 0 Å². The monoisotopic (exact) mass is 224 g/mol. The van der Waals surface area contributed by atoms with E-state index >= 15 is 0 Å². The van der Waals surface area contributed by atoms with Crippen molar-refractivity contribution >= 4 is 10.1 Å². The first-order valence-electron chi connectivity index (χ1n) is 4.96. The van der Waals surface area contributed by atoms with Gasteiger partial charge >= 0.3 is 0 Å². The summed E-state index contributed by atoms with van der Waals surface area (Å²) in [7, 11) is -3.26. The molecule has 0 aliphatic heterocycles. The largest absolute Gasteiger partial charge is 0.379 e. The molecule has 0 unspecified atom stereocenters. The zero-order valence-corrected chi connectivity index (χ0v) is 9.97. The summed E-state index contributed by atoms with van der Waals surface area (Å²) in [5.74, 6) is 0.0372. The van der Waals surface area contributed by atoms with E-state index in [9.17, 15) is 8.42 Å². The maximum absolute atomic E-state index is 10.9. The van der Waals surface area contributed by atoms with Crippen LogP contribution in [0.15, 0.2) is 0 Å². The van der Waals surface area contributed by atoms with Crippen molar-refractivity contribution in [2.75, 3.05) is 19.0 Å². The molecule has 0 bridgehead atoms. The highest BCUT2D eigenvalue weighted by atomic mass is 32.2. The van der Waals surface area contributed by atoms with E-state index in [1.165, 1.54) is 0 Å². The Morgan fingerprint density at radius 2 is 1.71 bits per heavy atom. The first-order chi connectivity index (χ1) is 6.48. The van der Waals surface area contributed by atoms with E-state index in [1.54, 1.807) is 6.92 Å². The minimum atomic E-state index is -3.26. The first-order valence-corrected chi connectivity index (χ1v) is 6.54. The second kappa shape index (κ2) is 7.20. The summed E-state index contributed by atoms with van der Waals surface area (Å²) in [6.07, 6.45) is 1.78. The van der Waals surface area contributed by atoms with E-state index in [0.29, 0.717) is 13.0 Å². The minimum absolute atomic E-state index is 0.0372. The van der Waals surface area contributed by atoms with Gasteiger partial charge in [0, 0.05) is 6.61 Å². The maximum Gasteiger partial charge on any atom is 0.267 e. The Labute approximate surface area is 86.7 Å². The Hall–Kier alpha value is -0.130. The molecule has 0 atom stereocenters. The van der Waals surface area contributed by atoms with Gasteiger partial charge in [0.15, 0.2) is 0 Å². The van der Waals surface area contributed by atoms with E-state index in [0.717, 1.165) is 6.42 Å². The third-order valence-corrected chi connectivity index (χ3v) is 2.84. The average molecular weight is 224 g/mol. The number of unbranched alkanes of at least 4 members (excludes halogenated alkanes) is 1. The molecule has 5 heteroatoms. The third-order valence-electron chi connectivity index (χ3n) is 1.61. The molecule has 0 fully saturated rings. The van der Waals surface area contributed by atoms with Crippen molar-refractivity contribution in [3.05, 3.63) is 0 Å². The molecule has 0 heterocycles. The standard InChI is InChI=1S/C9H20O4S/c1-4-14(10,11)13-8-6-5-7-12-9(2)3/h9H,4-8H2,1-3H3. The van der Waals surface area contributed by atoms with Crippen molar-refractivity contribution < 1.29 is 17.3 Å². The molecule has 0 amide bonds. The molecule has 86 valence electrons. The Bertz CT molecular complexity index is 221. The fraction of sp³-hybridized carbons (Fsp3) is 1.00. The topological polar surface area (TPSA) is 52.6 Å². The predicted octanol–water partition coefficient (Wildman–Crippen LogP) is 1.56. The Kier molecular flexibility index (Phi) is 7.13. The number of hydrogen-bond donors (Lipinski definition) is 0. The van der Waals surface area contributed by atoms with Crippen molar-refractivity contribution in [3.63, 3.8) is 0 Å². The van der Waals surface area contributed by atoms with Gasteiger partial charge in [-0.15, -0.1) is 0 Å². The molecule has 0 aromatic carbocycles. The average Bonchev–Trinajstić information content (AvgIpc) is 2.10. The summed E-state index contributed by atoms with van der Waals surface area (Å²) in [5.41, 5.74) is 0. The van der Waals surface area contributed by atoms with E-state index < -0.39 is 10.1 Å². The van der Waals surface area contributed by atoms with Gasteiger partial charge in [-0.05, 0) is 33.6 Å². The summed E-state index contributed by atoms with van der Waals surface area (Å²) in [5, 5.41) is 0. The van der Waals surface area contributed by atoms with E-state index in [-0.39, 0.29) is 18.5 Å². The van der Waals surface area contributed by atoms with Gasteiger partial charge in [0.2, 0.25) is 0 Å². The Balaban J connectivity index is 3.31. The van der Waals surface area contributed by atoms with Gasteiger partial charge in [-0.25, -0.2) is 0 Å². The van der Waals surface area contributed by atoms with Crippen molar-refractivity contribution in [2.24, 2.45) is 0 Å². The lowest BCUT2D eigenvalue weighted by atomic mass is 10.3. The van der Waals surface area contributed by atoms with Gasteiger partial charge in [-0.3, -0.25) is 4.18 Å². The van der Waals surface area contributed by atoms with Crippen LogP contribution in [0.4, 0.5) is 0 Å². The van der Waals surface area contributed by atoms with Crippen LogP contribution in [0.5, 0.6) is 0 Å². The second-order valence-electron chi connectivity index (χ2n) is 3.29. The summed E-state index contributed by atoms with van der Waals surface area (Å²) in [4.78, 5) is 0. The van der Waals surface area contributed by atoms with E-state index in [1.807, 2.05) is 13.8 Å².